The van der Waals surface area contributed by atoms with Gasteiger partial charge in [0.05, 0.1) is 17.4 Å². The van der Waals surface area contributed by atoms with E-state index < -0.39 is 0 Å². The summed E-state index contributed by atoms with van der Waals surface area (Å²) in [7, 11) is 0. The van der Waals surface area contributed by atoms with Gasteiger partial charge in [0, 0.05) is 17.6 Å². The lowest BCUT2D eigenvalue weighted by atomic mass is 10.2. The number of halogens is 1. The van der Waals surface area contributed by atoms with Crippen molar-refractivity contribution in [2.45, 2.75) is 13.5 Å². The fourth-order valence-electron chi connectivity index (χ4n) is 2.60. The van der Waals surface area contributed by atoms with Crippen molar-refractivity contribution >= 4 is 34.5 Å². The number of aromatic nitrogens is 2. The van der Waals surface area contributed by atoms with Gasteiger partial charge >= 0.3 is 0 Å². The van der Waals surface area contributed by atoms with E-state index in [2.05, 4.69) is 9.97 Å². The Bertz CT molecular complexity index is 1010. The summed E-state index contributed by atoms with van der Waals surface area (Å²) in [4.78, 5) is 33.4. The third-order valence-electron chi connectivity index (χ3n) is 3.97. The summed E-state index contributed by atoms with van der Waals surface area (Å²) >= 11 is 5.98. The summed E-state index contributed by atoms with van der Waals surface area (Å²) in [6.45, 7) is 2.59. The van der Waals surface area contributed by atoms with Crippen LogP contribution in [0.15, 0.2) is 59.4 Å². The number of aromatic amines is 1. The molecule has 0 spiro atoms. The molecular formula is C20H18ClN3O2. The number of carbonyl (C=O) groups is 1. The van der Waals surface area contributed by atoms with Crippen LogP contribution in [0.2, 0.25) is 5.02 Å². The van der Waals surface area contributed by atoms with Crippen molar-refractivity contribution in [3.8, 4) is 0 Å². The number of benzene rings is 2. The van der Waals surface area contributed by atoms with E-state index >= 15 is 0 Å². The molecule has 0 saturated heterocycles. The van der Waals surface area contributed by atoms with E-state index in [1.165, 1.54) is 6.08 Å². The maximum Gasteiger partial charge on any atom is 0.258 e. The van der Waals surface area contributed by atoms with Crippen molar-refractivity contribution in [3.05, 3.63) is 81.4 Å². The summed E-state index contributed by atoms with van der Waals surface area (Å²) in [5.74, 6) is 0.276. The second-order valence-corrected chi connectivity index (χ2v) is 6.21. The van der Waals surface area contributed by atoms with E-state index in [0.717, 1.165) is 5.56 Å². The predicted molar refractivity (Wildman–Crippen MR) is 104 cm³/mol. The van der Waals surface area contributed by atoms with Crippen molar-refractivity contribution in [1.29, 1.82) is 0 Å². The van der Waals surface area contributed by atoms with Crippen LogP contribution < -0.4 is 5.56 Å². The molecule has 3 rings (SSSR count). The number of hydrogen-bond donors (Lipinski definition) is 1. The molecule has 3 aromatic rings. The van der Waals surface area contributed by atoms with Crippen LogP contribution in [-0.2, 0) is 11.3 Å². The average Bonchev–Trinajstić information content (AvgIpc) is 2.64. The normalized spacial score (nSPS) is 11.2. The predicted octanol–water partition coefficient (Wildman–Crippen LogP) is 3.64. The lowest BCUT2D eigenvalue weighted by Crippen LogP contribution is -2.30. The van der Waals surface area contributed by atoms with Crippen molar-refractivity contribution in [1.82, 2.24) is 14.9 Å². The standard InChI is InChI=1S/C20H18ClN3O2/c1-2-24(19(25)11-8-14-6-4-3-5-7-14)13-18-22-17-12-15(21)9-10-16(17)20(26)23-18/h3-12H,2,13H2,1H3,(H,22,23,26)/b11-8-. The van der Waals surface area contributed by atoms with Crippen LogP contribution in [-0.4, -0.2) is 27.3 Å². The summed E-state index contributed by atoms with van der Waals surface area (Å²) in [6, 6.07) is 14.5. The summed E-state index contributed by atoms with van der Waals surface area (Å²) < 4.78 is 0. The highest BCUT2D eigenvalue weighted by Crippen LogP contribution is 2.15. The van der Waals surface area contributed by atoms with Gasteiger partial charge in [0.1, 0.15) is 5.82 Å². The van der Waals surface area contributed by atoms with Gasteiger partial charge in [-0.2, -0.15) is 0 Å². The molecule has 1 heterocycles. The molecule has 26 heavy (non-hydrogen) atoms. The molecule has 0 aliphatic carbocycles. The van der Waals surface area contributed by atoms with Crippen LogP contribution in [0.3, 0.4) is 0 Å². The smallest absolute Gasteiger partial charge is 0.258 e. The minimum absolute atomic E-state index is 0.148. The summed E-state index contributed by atoms with van der Waals surface area (Å²) in [5.41, 5.74) is 1.22. The van der Waals surface area contributed by atoms with Crippen LogP contribution in [0.25, 0.3) is 17.0 Å². The number of nitrogens with zero attached hydrogens (tertiary/aromatic N) is 2. The van der Waals surface area contributed by atoms with Gasteiger partial charge in [-0.15, -0.1) is 0 Å². The first-order chi connectivity index (χ1) is 12.6. The first-order valence-corrected chi connectivity index (χ1v) is 8.65. The van der Waals surface area contributed by atoms with Crippen molar-refractivity contribution < 1.29 is 4.79 Å². The minimum Gasteiger partial charge on any atom is -0.332 e. The fourth-order valence-corrected chi connectivity index (χ4v) is 2.77. The van der Waals surface area contributed by atoms with E-state index in [4.69, 9.17) is 11.6 Å². The second-order valence-electron chi connectivity index (χ2n) is 5.77. The van der Waals surface area contributed by atoms with Crippen LogP contribution in [0, 0.1) is 0 Å². The van der Waals surface area contributed by atoms with Gasteiger partial charge in [-0.1, -0.05) is 41.9 Å². The Morgan fingerprint density at radius 2 is 2.00 bits per heavy atom. The summed E-state index contributed by atoms with van der Waals surface area (Å²) in [6.07, 6.45) is 3.29. The maximum absolute atomic E-state index is 12.5. The molecule has 132 valence electrons. The molecule has 0 radical (unpaired) electrons. The van der Waals surface area contributed by atoms with Crippen LogP contribution in [0.1, 0.15) is 18.3 Å². The van der Waals surface area contributed by atoms with E-state index in [0.29, 0.717) is 28.3 Å². The Hall–Kier alpha value is -2.92. The molecule has 0 fully saturated rings. The molecule has 1 aromatic heterocycles. The molecule has 0 bridgehead atoms. The first kappa shape index (κ1) is 17.9. The highest BCUT2D eigenvalue weighted by molar-refractivity contribution is 6.31. The van der Waals surface area contributed by atoms with Crippen LogP contribution >= 0.6 is 11.6 Å². The lowest BCUT2D eigenvalue weighted by Gasteiger charge is -2.18. The van der Waals surface area contributed by atoms with Crippen molar-refractivity contribution in [3.63, 3.8) is 0 Å². The lowest BCUT2D eigenvalue weighted by molar-refractivity contribution is -0.126. The molecule has 1 amide bonds. The molecule has 0 atom stereocenters. The number of likely N-dealkylation sites (N-methyl/N-ethyl adjacent to an activating group) is 1. The molecule has 0 unspecified atom stereocenters. The molecule has 6 heteroatoms. The summed E-state index contributed by atoms with van der Waals surface area (Å²) in [5, 5.41) is 0.979. The van der Waals surface area contributed by atoms with E-state index in [9.17, 15) is 9.59 Å². The Kier molecular flexibility index (Phi) is 5.49. The van der Waals surface area contributed by atoms with E-state index in [1.807, 2.05) is 37.3 Å². The van der Waals surface area contributed by atoms with E-state index in [1.54, 1.807) is 29.2 Å². The Labute approximate surface area is 155 Å². The second kappa shape index (κ2) is 7.97. The zero-order chi connectivity index (χ0) is 18.5. The van der Waals surface area contributed by atoms with E-state index in [-0.39, 0.29) is 18.0 Å². The van der Waals surface area contributed by atoms with Crippen LogP contribution in [0.4, 0.5) is 0 Å². The highest BCUT2D eigenvalue weighted by Gasteiger charge is 2.12. The molecule has 0 aliphatic rings. The quantitative estimate of drug-likeness (QED) is 0.700. The number of H-pyrrole nitrogens is 1. The average molecular weight is 368 g/mol. The SMILES string of the molecule is CCN(Cc1nc2cc(Cl)ccc2c(=O)[nH]1)C(=O)/C=C\c1ccccc1. The number of carbonyl (C=O) groups excluding carboxylic acids is 1. The first-order valence-electron chi connectivity index (χ1n) is 8.27. The Morgan fingerprint density at radius 1 is 1.23 bits per heavy atom. The third kappa shape index (κ3) is 4.18. The van der Waals surface area contributed by atoms with Gasteiger partial charge < -0.3 is 9.88 Å². The number of rotatable bonds is 5. The Morgan fingerprint density at radius 3 is 2.73 bits per heavy atom. The van der Waals surface area contributed by atoms with Gasteiger partial charge in [0.2, 0.25) is 5.91 Å². The number of amides is 1. The molecule has 5 nitrogen and oxygen atoms in total. The minimum atomic E-state index is -0.245. The topological polar surface area (TPSA) is 66.1 Å². The van der Waals surface area contributed by atoms with Gasteiger partial charge in [-0.3, -0.25) is 9.59 Å². The highest BCUT2D eigenvalue weighted by atomic mass is 35.5. The van der Waals surface area contributed by atoms with Crippen LogP contribution in [0.5, 0.6) is 0 Å². The largest absolute Gasteiger partial charge is 0.332 e. The maximum atomic E-state index is 12.5. The van der Waals surface area contributed by atoms with Crippen molar-refractivity contribution in [2.75, 3.05) is 6.54 Å². The van der Waals surface area contributed by atoms with Gasteiger partial charge in [-0.05, 0) is 36.8 Å². The third-order valence-corrected chi connectivity index (χ3v) is 4.20. The zero-order valence-electron chi connectivity index (χ0n) is 14.3. The Balaban J connectivity index is 1.81. The molecule has 1 N–H and O–H groups in total. The number of hydrogen-bond acceptors (Lipinski definition) is 3. The monoisotopic (exact) mass is 367 g/mol. The van der Waals surface area contributed by atoms with Gasteiger partial charge in [0.15, 0.2) is 0 Å². The van der Waals surface area contributed by atoms with Gasteiger partial charge in [0.25, 0.3) is 5.56 Å². The van der Waals surface area contributed by atoms with Crippen molar-refractivity contribution in [2.24, 2.45) is 0 Å². The molecule has 0 aliphatic heterocycles. The molecule has 0 saturated carbocycles. The molecule has 2 aromatic carbocycles. The number of nitrogens with one attached hydrogen (secondary N) is 1. The van der Waals surface area contributed by atoms with Gasteiger partial charge in [-0.25, -0.2) is 4.98 Å². The fraction of sp³-hybridized carbons (Fsp3) is 0.150. The number of fused-ring (bicyclic) bond motifs is 1. The molecular weight excluding hydrogens is 350 g/mol. The zero-order valence-corrected chi connectivity index (χ0v) is 15.0.